The summed E-state index contributed by atoms with van der Waals surface area (Å²) in [5.74, 6) is 0.620. The minimum Gasteiger partial charge on any atom is -0.343 e. The topological polar surface area (TPSA) is 65.5 Å². The smallest absolute Gasteiger partial charge is 0.228 e. The van der Waals surface area contributed by atoms with Gasteiger partial charge in [0.25, 0.3) is 0 Å². The molecule has 1 fully saturated rings. The van der Waals surface area contributed by atoms with Crippen LogP contribution in [0.25, 0.3) is 0 Å². The molecule has 34 heavy (non-hydrogen) atoms. The molecular weight excluding hydrogens is 444 g/mol. The molecule has 1 N–H and O–H groups in total. The lowest BCUT2D eigenvalue weighted by atomic mass is 9.95. The van der Waals surface area contributed by atoms with Crippen LogP contribution in [0.15, 0.2) is 76.7 Å². The van der Waals surface area contributed by atoms with Gasteiger partial charge in [-0.15, -0.1) is 0 Å². The molecule has 7 heteroatoms. The van der Waals surface area contributed by atoms with Crippen LogP contribution in [0, 0.1) is 12.8 Å². The van der Waals surface area contributed by atoms with Crippen molar-refractivity contribution < 1.29 is 9.59 Å². The lowest BCUT2D eigenvalue weighted by Gasteiger charge is -2.34. The van der Waals surface area contributed by atoms with Crippen LogP contribution in [0.4, 0.5) is 17.2 Å². The highest BCUT2D eigenvalue weighted by atomic mass is 32.2. The molecule has 3 heterocycles. The Hall–Kier alpha value is -3.32. The van der Waals surface area contributed by atoms with Gasteiger partial charge < -0.3 is 15.1 Å². The number of carbonyl (C=O) groups excluding carboxylic acids is 2. The number of hydrogen-bond donors (Lipinski definition) is 1. The van der Waals surface area contributed by atoms with Gasteiger partial charge in [-0.3, -0.25) is 9.59 Å². The summed E-state index contributed by atoms with van der Waals surface area (Å²) in [6.07, 6.45) is 3.54. The van der Waals surface area contributed by atoms with Gasteiger partial charge in [0.15, 0.2) is 0 Å². The van der Waals surface area contributed by atoms with Gasteiger partial charge in [0.2, 0.25) is 11.8 Å². The zero-order valence-corrected chi connectivity index (χ0v) is 20.1. The van der Waals surface area contributed by atoms with E-state index in [-0.39, 0.29) is 17.7 Å². The van der Waals surface area contributed by atoms with Gasteiger partial charge in [-0.25, -0.2) is 4.98 Å². The summed E-state index contributed by atoms with van der Waals surface area (Å²) in [4.78, 5) is 36.5. The minimum atomic E-state index is -0.0926. The molecule has 2 aromatic carbocycles. The fourth-order valence-electron chi connectivity index (χ4n) is 4.55. The first-order valence-electron chi connectivity index (χ1n) is 11.7. The number of para-hydroxylation sites is 2. The summed E-state index contributed by atoms with van der Waals surface area (Å²) in [6, 6.07) is 20.5. The summed E-state index contributed by atoms with van der Waals surface area (Å²) < 4.78 is 0. The zero-order valence-electron chi connectivity index (χ0n) is 19.2. The molecule has 2 amide bonds. The molecule has 5 rings (SSSR count). The van der Waals surface area contributed by atoms with Crippen molar-refractivity contribution in [1.82, 2.24) is 9.88 Å². The number of aryl methyl sites for hydroxylation is 1. The highest BCUT2D eigenvalue weighted by Crippen LogP contribution is 2.47. The maximum atomic E-state index is 13.0. The van der Waals surface area contributed by atoms with Gasteiger partial charge in [0.1, 0.15) is 5.82 Å². The number of benzene rings is 2. The van der Waals surface area contributed by atoms with Crippen LogP contribution < -0.4 is 10.2 Å². The zero-order chi connectivity index (χ0) is 23.5. The third-order valence-corrected chi connectivity index (χ3v) is 7.59. The molecule has 0 unspecified atom stereocenters. The number of nitrogens with zero attached hydrogens (tertiary/aromatic N) is 3. The lowest BCUT2D eigenvalue weighted by Crippen LogP contribution is -2.42. The second-order valence-corrected chi connectivity index (χ2v) is 9.89. The average Bonchev–Trinajstić information content (AvgIpc) is 2.87. The largest absolute Gasteiger partial charge is 0.343 e. The summed E-state index contributed by atoms with van der Waals surface area (Å²) >= 11 is 1.77. The molecular formula is C27H28N4O2S. The quantitative estimate of drug-likeness (QED) is 0.549. The van der Waals surface area contributed by atoms with Crippen molar-refractivity contribution in [3.63, 3.8) is 0 Å². The molecule has 0 spiro atoms. The Kier molecular flexibility index (Phi) is 6.54. The number of carbonyl (C=O) groups is 2. The SMILES string of the molecule is Cc1ccc(NC(=O)C2CCN(C(=O)CCN3c4ccccc4Sc4ccccc43)CC2)nc1. The predicted octanol–water partition coefficient (Wildman–Crippen LogP) is 5.26. The third kappa shape index (κ3) is 4.80. The van der Waals surface area contributed by atoms with Gasteiger partial charge >= 0.3 is 0 Å². The number of aromatic nitrogens is 1. The first-order valence-corrected chi connectivity index (χ1v) is 12.5. The summed E-state index contributed by atoms with van der Waals surface area (Å²) in [6.45, 7) is 3.82. The van der Waals surface area contributed by atoms with E-state index in [9.17, 15) is 9.59 Å². The van der Waals surface area contributed by atoms with Gasteiger partial charge in [0, 0.05) is 48.0 Å². The second-order valence-electron chi connectivity index (χ2n) is 8.80. The molecule has 2 aliphatic rings. The van der Waals surface area contributed by atoms with Crippen molar-refractivity contribution in [3.8, 4) is 0 Å². The maximum Gasteiger partial charge on any atom is 0.228 e. The van der Waals surface area contributed by atoms with Crippen molar-refractivity contribution in [1.29, 1.82) is 0 Å². The Balaban J connectivity index is 1.17. The number of likely N-dealkylation sites (tertiary alicyclic amines) is 1. The van der Waals surface area contributed by atoms with Crippen LogP contribution in [0.2, 0.25) is 0 Å². The van der Waals surface area contributed by atoms with E-state index in [4.69, 9.17) is 0 Å². The minimum absolute atomic E-state index is 0.0116. The molecule has 0 radical (unpaired) electrons. The normalized spacial score (nSPS) is 15.4. The van der Waals surface area contributed by atoms with E-state index in [2.05, 4.69) is 51.6 Å². The fourth-order valence-corrected chi connectivity index (χ4v) is 5.64. The summed E-state index contributed by atoms with van der Waals surface area (Å²) in [5, 5.41) is 2.91. The molecule has 6 nitrogen and oxygen atoms in total. The molecule has 2 aliphatic heterocycles. The van der Waals surface area contributed by atoms with Gasteiger partial charge in [0.05, 0.1) is 11.4 Å². The number of anilines is 3. The highest BCUT2D eigenvalue weighted by Gasteiger charge is 2.29. The van der Waals surface area contributed by atoms with E-state index in [1.165, 1.54) is 9.79 Å². The van der Waals surface area contributed by atoms with Crippen LogP contribution in [-0.2, 0) is 9.59 Å². The highest BCUT2D eigenvalue weighted by molar-refractivity contribution is 7.99. The maximum absolute atomic E-state index is 13.0. The van der Waals surface area contributed by atoms with Gasteiger partial charge in [-0.05, 0) is 55.7 Å². The Bertz CT molecular complexity index is 1140. The first-order chi connectivity index (χ1) is 16.6. The number of piperidine rings is 1. The standard InChI is InChI=1S/C27H28N4O2S/c1-19-10-11-25(28-18-19)29-27(33)20-12-15-30(16-13-20)26(32)14-17-31-21-6-2-4-8-23(21)34-24-9-5-3-7-22(24)31/h2-11,18,20H,12-17H2,1H3,(H,28,29,33). The molecule has 0 bridgehead atoms. The van der Waals surface area contributed by atoms with Crippen molar-refractivity contribution in [2.75, 3.05) is 29.9 Å². The summed E-state index contributed by atoms with van der Waals surface area (Å²) in [5.41, 5.74) is 3.36. The van der Waals surface area contributed by atoms with Gasteiger partial charge in [-0.2, -0.15) is 0 Å². The molecule has 0 aliphatic carbocycles. The van der Waals surface area contributed by atoms with Crippen LogP contribution in [0.1, 0.15) is 24.8 Å². The van der Waals surface area contributed by atoms with E-state index in [0.717, 1.165) is 16.9 Å². The number of hydrogen-bond acceptors (Lipinski definition) is 5. The van der Waals surface area contributed by atoms with Crippen molar-refractivity contribution in [2.24, 2.45) is 5.92 Å². The average molecular weight is 473 g/mol. The summed E-state index contributed by atoms with van der Waals surface area (Å²) in [7, 11) is 0. The predicted molar refractivity (Wildman–Crippen MR) is 136 cm³/mol. The van der Waals surface area contributed by atoms with Crippen molar-refractivity contribution in [2.45, 2.75) is 36.0 Å². The molecule has 1 aromatic heterocycles. The van der Waals surface area contributed by atoms with Crippen LogP contribution in [0.5, 0.6) is 0 Å². The van der Waals surface area contributed by atoms with Crippen molar-refractivity contribution in [3.05, 3.63) is 72.4 Å². The number of rotatable bonds is 5. The van der Waals surface area contributed by atoms with E-state index >= 15 is 0 Å². The Morgan fingerprint density at radius 2 is 1.62 bits per heavy atom. The van der Waals surface area contributed by atoms with E-state index in [0.29, 0.717) is 44.7 Å². The number of fused-ring (bicyclic) bond motifs is 2. The van der Waals surface area contributed by atoms with Crippen LogP contribution >= 0.6 is 11.8 Å². The van der Waals surface area contributed by atoms with Gasteiger partial charge in [-0.1, -0.05) is 42.1 Å². The lowest BCUT2D eigenvalue weighted by molar-refractivity contribution is -0.134. The number of pyridine rings is 1. The Labute approximate surface area is 204 Å². The molecule has 0 saturated carbocycles. The van der Waals surface area contributed by atoms with E-state index in [1.54, 1.807) is 18.0 Å². The fraction of sp³-hybridized carbons (Fsp3) is 0.296. The first kappa shape index (κ1) is 22.5. The van der Waals surface area contributed by atoms with Crippen molar-refractivity contribution >= 4 is 40.8 Å². The number of nitrogens with one attached hydrogen (secondary N) is 1. The molecule has 174 valence electrons. The molecule has 3 aromatic rings. The monoisotopic (exact) mass is 472 g/mol. The second kappa shape index (κ2) is 9.89. The van der Waals surface area contributed by atoms with Crippen LogP contribution in [-0.4, -0.2) is 41.3 Å². The van der Waals surface area contributed by atoms with Crippen LogP contribution in [0.3, 0.4) is 0 Å². The molecule has 0 atom stereocenters. The van der Waals surface area contributed by atoms with E-state index in [1.807, 2.05) is 36.1 Å². The molecule has 1 saturated heterocycles. The third-order valence-electron chi connectivity index (χ3n) is 6.46. The Morgan fingerprint density at radius 3 is 2.24 bits per heavy atom. The number of amides is 2. The van der Waals surface area contributed by atoms with E-state index < -0.39 is 0 Å². The Morgan fingerprint density at radius 1 is 0.971 bits per heavy atom.